The van der Waals surface area contributed by atoms with Crippen LogP contribution in [-0.4, -0.2) is 34.1 Å². The van der Waals surface area contributed by atoms with Gasteiger partial charge in [0.1, 0.15) is 5.00 Å². The van der Waals surface area contributed by atoms with Crippen LogP contribution in [0.15, 0.2) is 17.3 Å². The van der Waals surface area contributed by atoms with Crippen molar-refractivity contribution in [1.29, 1.82) is 0 Å². The number of nitrogen functional groups attached to an aromatic ring is 1. The van der Waals surface area contributed by atoms with Crippen molar-refractivity contribution in [2.45, 2.75) is 11.4 Å². The van der Waals surface area contributed by atoms with E-state index in [1.54, 1.807) is 25.1 Å². The molecule has 2 rings (SSSR count). The summed E-state index contributed by atoms with van der Waals surface area (Å²) in [6.07, 6.45) is 5.68. The zero-order valence-electron chi connectivity index (χ0n) is 10.2. The molecule has 2 aromatic rings. The van der Waals surface area contributed by atoms with Crippen molar-refractivity contribution in [3.05, 3.63) is 12.4 Å². The highest BCUT2D eigenvalue weighted by Gasteiger charge is 2.11. The second-order valence-electron chi connectivity index (χ2n) is 3.54. The van der Waals surface area contributed by atoms with Crippen LogP contribution in [0.2, 0.25) is 0 Å². The lowest BCUT2D eigenvalue weighted by molar-refractivity contribution is 0.183. The van der Waals surface area contributed by atoms with Crippen molar-refractivity contribution < 1.29 is 4.74 Å². The first kappa shape index (κ1) is 13.2. The highest BCUT2D eigenvalue weighted by Crippen LogP contribution is 2.36. The minimum absolute atomic E-state index is 0.571. The maximum Gasteiger partial charge on any atom is 0.153 e. The Morgan fingerprint density at radius 3 is 3.17 bits per heavy atom. The van der Waals surface area contributed by atoms with Crippen molar-refractivity contribution in [2.24, 2.45) is 0 Å². The molecule has 0 atom stereocenters. The minimum atomic E-state index is 0.571. The molecule has 0 aliphatic heterocycles. The minimum Gasteiger partial charge on any atom is -0.383 e. The number of methoxy groups -OCH3 is 1. The molecule has 0 saturated heterocycles. The summed E-state index contributed by atoms with van der Waals surface area (Å²) in [7, 11) is 1.67. The Morgan fingerprint density at radius 1 is 1.61 bits per heavy atom. The van der Waals surface area contributed by atoms with Crippen molar-refractivity contribution in [3.8, 4) is 0 Å². The third-order valence-corrected chi connectivity index (χ3v) is 4.02. The molecule has 2 aromatic heterocycles. The molecule has 0 fully saturated rings. The van der Waals surface area contributed by atoms with E-state index >= 15 is 0 Å². The van der Waals surface area contributed by atoms with Gasteiger partial charge in [0.05, 0.1) is 29.9 Å². The van der Waals surface area contributed by atoms with E-state index < -0.39 is 0 Å². The van der Waals surface area contributed by atoms with Gasteiger partial charge in [0, 0.05) is 13.3 Å². The zero-order valence-corrected chi connectivity index (χ0v) is 11.8. The summed E-state index contributed by atoms with van der Waals surface area (Å²) in [6.45, 7) is 1.38. The Bertz CT molecular complexity index is 510. The lowest BCUT2D eigenvalue weighted by Gasteiger charge is -2.02. The van der Waals surface area contributed by atoms with Crippen molar-refractivity contribution >= 4 is 39.8 Å². The normalized spacial score (nSPS) is 10.8. The van der Waals surface area contributed by atoms with E-state index in [4.69, 9.17) is 10.5 Å². The predicted octanol–water partition coefficient (Wildman–Crippen LogP) is 2.03. The Morgan fingerprint density at radius 2 is 2.44 bits per heavy atom. The van der Waals surface area contributed by atoms with E-state index in [1.165, 1.54) is 11.5 Å². The molecule has 0 bridgehead atoms. The van der Waals surface area contributed by atoms with Crippen LogP contribution < -0.4 is 11.1 Å². The molecule has 8 heteroatoms. The van der Waals surface area contributed by atoms with Gasteiger partial charge in [-0.25, -0.2) is 0 Å². The van der Waals surface area contributed by atoms with Gasteiger partial charge >= 0.3 is 0 Å². The van der Waals surface area contributed by atoms with Crippen molar-refractivity contribution in [3.63, 3.8) is 0 Å². The van der Waals surface area contributed by atoms with E-state index in [0.29, 0.717) is 12.4 Å². The lowest BCUT2D eigenvalue weighted by Crippen LogP contribution is -2.03. The number of aromatic nitrogens is 3. The number of thioether (sulfide) groups is 1. The highest BCUT2D eigenvalue weighted by atomic mass is 32.2. The summed E-state index contributed by atoms with van der Waals surface area (Å²) in [5, 5.41) is 8.45. The number of anilines is 3. The number of ether oxygens (including phenoxy) is 1. The van der Waals surface area contributed by atoms with Crippen LogP contribution in [0.1, 0.15) is 0 Å². The maximum absolute atomic E-state index is 5.78. The molecular formula is C10H15N5OS2. The summed E-state index contributed by atoms with van der Waals surface area (Å²) < 4.78 is 11.0. The molecule has 0 saturated carbocycles. The van der Waals surface area contributed by atoms with E-state index in [2.05, 4.69) is 14.8 Å². The molecule has 0 amide bonds. The summed E-state index contributed by atoms with van der Waals surface area (Å²) >= 11 is 2.94. The predicted molar refractivity (Wildman–Crippen MR) is 75.7 cm³/mol. The monoisotopic (exact) mass is 285 g/mol. The number of nitrogens with zero attached hydrogens (tertiary/aromatic N) is 3. The molecular weight excluding hydrogens is 270 g/mol. The average Bonchev–Trinajstić information content (AvgIpc) is 2.95. The molecule has 6 nitrogen and oxygen atoms in total. The van der Waals surface area contributed by atoms with Gasteiger partial charge in [-0.1, -0.05) is 0 Å². The standard InChI is InChI=1S/C10H15N5OS2/c1-16-4-3-15-6-7(5-12-15)13-10-8(17-2)9(11)14-18-10/h5-6,13H,3-4H2,1-2H3,(H2,11,14). The summed E-state index contributed by atoms with van der Waals surface area (Å²) in [5.41, 5.74) is 6.70. The van der Waals surface area contributed by atoms with Gasteiger partial charge in [0.2, 0.25) is 0 Å². The van der Waals surface area contributed by atoms with Crippen LogP contribution in [0.25, 0.3) is 0 Å². The van der Waals surface area contributed by atoms with Gasteiger partial charge in [-0.3, -0.25) is 4.68 Å². The summed E-state index contributed by atoms with van der Waals surface area (Å²) in [6, 6.07) is 0. The molecule has 0 unspecified atom stereocenters. The molecule has 18 heavy (non-hydrogen) atoms. The third-order valence-electron chi connectivity index (χ3n) is 2.29. The van der Waals surface area contributed by atoms with Crippen LogP contribution in [0, 0.1) is 0 Å². The van der Waals surface area contributed by atoms with E-state index in [0.717, 1.165) is 22.1 Å². The van der Waals surface area contributed by atoms with Crippen LogP contribution in [-0.2, 0) is 11.3 Å². The Kier molecular flexibility index (Phi) is 4.45. The molecule has 0 radical (unpaired) electrons. The maximum atomic E-state index is 5.78. The molecule has 0 aliphatic rings. The second kappa shape index (κ2) is 6.07. The molecule has 0 aliphatic carbocycles. The summed E-state index contributed by atoms with van der Waals surface area (Å²) in [4.78, 5) is 0.977. The zero-order chi connectivity index (χ0) is 13.0. The van der Waals surface area contributed by atoms with Gasteiger partial charge in [0.25, 0.3) is 0 Å². The quantitative estimate of drug-likeness (QED) is 0.791. The van der Waals surface area contributed by atoms with Gasteiger partial charge in [-0.05, 0) is 17.8 Å². The second-order valence-corrected chi connectivity index (χ2v) is 5.13. The Hall–Kier alpha value is -1.25. The third kappa shape index (κ3) is 2.95. The first-order chi connectivity index (χ1) is 8.74. The number of hydrogen-bond acceptors (Lipinski definition) is 7. The molecule has 0 spiro atoms. The largest absolute Gasteiger partial charge is 0.383 e. The van der Waals surface area contributed by atoms with E-state index in [9.17, 15) is 0 Å². The van der Waals surface area contributed by atoms with Gasteiger partial charge in [0.15, 0.2) is 5.82 Å². The van der Waals surface area contributed by atoms with Crippen molar-refractivity contribution in [2.75, 3.05) is 31.0 Å². The fourth-order valence-electron chi connectivity index (χ4n) is 1.44. The topological polar surface area (TPSA) is 78.0 Å². The van der Waals surface area contributed by atoms with Crippen LogP contribution in [0.3, 0.4) is 0 Å². The number of nitrogens with one attached hydrogen (secondary N) is 1. The molecule has 98 valence electrons. The van der Waals surface area contributed by atoms with Gasteiger partial charge in [-0.15, -0.1) is 11.8 Å². The van der Waals surface area contributed by atoms with Crippen LogP contribution in [0.4, 0.5) is 16.5 Å². The molecule has 3 N–H and O–H groups in total. The number of nitrogens with two attached hydrogens (primary N) is 1. The van der Waals surface area contributed by atoms with Gasteiger partial charge < -0.3 is 15.8 Å². The van der Waals surface area contributed by atoms with Gasteiger partial charge in [-0.2, -0.15) is 9.47 Å². The van der Waals surface area contributed by atoms with Crippen LogP contribution >= 0.6 is 23.3 Å². The molecule has 2 heterocycles. The van der Waals surface area contributed by atoms with E-state index in [-0.39, 0.29) is 0 Å². The lowest BCUT2D eigenvalue weighted by atomic mass is 10.5. The first-order valence-corrected chi connectivity index (χ1v) is 7.32. The molecule has 0 aromatic carbocycles. The summed E-state index contributed by atoms with van der Waals surface area (Å²) in [5.74, 6) is 0.571. The average molecular weight is 285 g/mol. The van der Waals surface area contributed by atoms with Crippen LogP contribution in [0.5, 0.6) is 0 Å². The van der Waals surface area contributed by atoms with E-state index in [1.807, 2.05) is 17.1 Å². The smallest absolute Gasteiger partial charge is 0.153 e. The number of rotatable bonds is 6. The Labute approximate surface area is 114 Å². The number of hydrogen-bond donors (Lipinski definition) is 2. The van der Waals surface area contributed by atoms with Crippen molar-refractivity contribution in [1.82, 2.24) is 14.2 Å². The SMILES string of the molecule is COCCn1cc(Nc2snc(N)c2SC)cn1. The first-order valence-electron chi connectivity index (χ1n) is 5.32. The highest BCUT2D eigenvalue weighted by molar-refractivity contribution is 7.99. The fraction of sp³-hybridized carbons (Fsp3) is 0.400. The Balaban J connectivity index is 2.06. The fourth-order valence-corrected chi connectivity index (χ4v) is 2.98.